The van der Waals surface area contributed by atoms with Gasteiger partial charge in [0.1, 0.15) is 0 Å². The van der Waals surface area contributed by atoms with Crippen molar-refractivity contribution in [2.45, 2.75) is 40.8 Å². The molecule has 0 bridgehead atoms. The predicted molar refractivity (Wildman–Crippen MR) is 91.6 cm³/mol. The number of rotatable bonds is 3. The molecule has 1 aromatic rings. The van der Waals surface area contributed by atoms with Crippen LogP contribution in [0.25, 0.3) is 0 Å². The van der Waals surface area contributed by atoms with Crippen LogP contribution < -0.4 is 4.98 Å². The van der Waals surface area contributed by atoms with Gasteiger partial charge in [0.2, 0.25) is 5.91 Å². The van der Waals surface area contributed by atoms with Gasteiger partial charge >= 0.3 is 0 Å². The molecule has 1 unspecified atom stereocenters. The summed E-state index contributed by atoms with van der Waals surface area (Å²) in [7, 11) is -1.99. The summed E-state index contributed by atoms with van der Waals surface area (Å²) in [5, 5.41) is 1.46. The number of amides is 1. The third kappa shape index (κ3) is 2.88. The van der Waals surface area contributed by atoms with Crippen molar-refractivity contribution < 1.29 is 4.79 Å². The molecule has 1 aromatic carbocycles. The fourth-order valence-corrected chi connectivity index (χ4v) is 6.66. The first-order valence-corrected chi connectivity index (χ1v) is 10.5. The summed E-state index contributed by atoms with van der Waals surface area (Å²) in [5.74, 6) is 0.490. The number of carbonyl (C=O) groups excluding carboxylic acids is 1. The van der Waals surface area contributed by atoms with Crippen molar-refractivity contribution in [3.8, 4) is 0 Å². The number of allylic oxidation sites excluding steroid dienone is 4. The summed E-state index contributed by atoms with van der Waals surface area (Å²) in [6, 6.07) is 9.48. The van der Waals surface area contributed by atoms with E-state index < -0.39 is 8.24 Å². The maximum Gasteiger partial charge on any atom is 0.243 e. The molecule has 0 heterocycles. The molecule has 21 heavy (non-hydrogen) atoms. The van der Waals surface area contributed by atoms with Crippen LogP contribution in [0.15, 0.2) is 52.2 Å². The third-order valence-corrected chi connectivity index (χ3v) is 7.78. The molecule has 1 amide bonds. The molecule has 2 nitrogen and oxygen atoms in total. The SMILES string of the molecule is CC1=C(C)C(C)C([Si](C)(C)NC(=O)c2ccccc2)=C1C. The molecule has 1 aliphatic rings. The Hall–Kier alpha value is -1.61. The Kier molecular flexibility index (Phi) is 4.24. The Morgan fingerprint density at radius 2 is 1.62 bits per heavy atom. The zero-order valence-corrected chi connectivity index (χ0v) is 14.9. The Labute approximate surface area is 129 Å². The first kappa shape index (κ1) is 15.8. The lowest BCUT2D eigenvalue weighted by atomic mass is 10.1. The summed E-state index contributed by atoms with van der Waals surface area (Å²) in [6.07, 6.45) is 0. The molecule has 1 aliphatic carbocycles. The minimum atomic E-state index is -1.99. The Morgan fingerprint density at radius 3 is 2.10 bits per heavy atom. The highest BCUT2D eigenvalue weighted by atomic mass is 28.3. The highest BCUT2D eigenvalue weighted by Gasteiger charge is 2.37. The average Bonchev–Trinajstić information content (AvgIpc) is 2.63. The van der Waals surface area contributed by atoms with Crippen LogP contribution in [-0.4, -0.2) is 14.1 Å². The Balaban J connectivity index is 2.26. The van der Waals surface area contributed by atoms with Crippen LogP contribution in [-0.2, 0) is 0 Å². The fourth-order valence-electron chi connectivity index (χ4n) is 3.39. The lowest BCUT2D eigenvalue weighted by molar-refractivity contribution is 0.0978. The monoisotopic (exact) mass is 299 g/mol. The summed E-state index contributed by atoms with van der Waals surface area (Å²) >= 11 is 0. The zero-order valence-electron chi connectivity index (χ0n) is 13.9. The Morgan fingerprint density at radius 1 is 1.05 bits per heavy atom. The largest absolute Gasteiger partial charge is 0.374 e. The quantitative estimate of drug-likeness (QED) is 0.820. The molecule has 2 rings (SSSR count). The van der Waals surface area contributed by atoms with Gasteiger partial charge in [-0.2, -0.15) is 0 Å². The minimum Gasteiger partial charge on any atom is -0.374 e. The van der Waals surface area contributed by atoms with Crippen LogP contribution in [0, 0.1) is 5.92 Å². The molecule has 0 saturated carbocycles. The molecule has 0 aliphatic heterocycles. The lowest BCUT2D eigenvalue weighted by Gasteiger charge is -2.30. The van der Waals surface area contributed by atoms with E-state index in [1.165, 1.54) is 21.9 Å². The smallest absolute Gasteiger partial charge is 0.243 e. The predicted octanol–water partition coefficient (Wildman–Crippen LogP) is 4.46. The van der Waals surface area contributed by atoms with Crippen LogP contribution in [0.3, 0.4) is 0 Å². The fraction of sp³-hybridized carbons (Fsp3) is 0.389. The number of nitrogens with one attached hydrogen (secondary N) is 1. The molecular weight excluding hydrogens is 274 g/mol. The van der Waals surface area contributed by atoms with Crippen molar-refractivity contribution in [1.82, 2.24) is 4.98 Å². The van der Waals surface area contributed by atoms with E-state index in [1.54, 1.807) is 0 Å². The highest BCUT2D eigenvalue weighted by Crippen LogP contribution is 2.40. The summed E-state index contributed by atoms with van der Waals surface area (Å²) < 4.78 is 0. The van der Waals surface area contributed by atoms with Crippen molar-refractivity contribution in [2.24, 2.45) is 5.92 Å². The lowest BCUT2D eigenvalue weighted by Crippen LogP contribution is -2.51. The molecule has 1 atom stereocenters. The number of carbonyl (C=O) groups is 1. The van der Waals surface area contributed by atoms with E-state index in [-0.39, 0.29) is 5.91 Å². The second-order valence-corrected chi connectivity index (χ2v) is 10.6. The van der Waals surface area contributed by atoms with Crippen LogP contribution >= 0.6 is 0 Å². The molecule has 112 valence electrons. The van der Waals surface area contributed by atoms with Crippen molar-refractivity contribution in [1.29, 1.82) is 0 Å². The second-order valence-electron chi connectivity index (χ2n) is 6.51. The summed E-state index contributed by atoms with van der Waals surface area (Å²) in [6.45, 7) is 13.3. The van der Waals surface area contributed by atoms with E-state index >= 15 is 0 Å². The van der Waals surface area contributed by atoms with E-state index in [0.717, 1.165) is 5.56 Å². The summed E-state index contributed by atoms with van der Waals surface area (Å²) in [5.41, 5.74) is 4.96. The standard InChI is InChI=1S/C18H25NOSi/c1-12-13(2)15(4)17(14(12)3)21(5,6)19-18(20)16-10-8-7-9-11-16/h7-11,14H,1-6H3,(H,19,20). The molecule has 1 N–H and O–H groups in total. The molecule has 0 saturated heterocycles. The van der Waals surface area contributed by atoms with Crippen LogP contribution in [0.1, 0.15) is 38.1 Å². The molecule has 3 heteroatoms. The van der Waals surface area contributed by atoms with Gasteiger partial charge in [0.25, 0.3) is 0 Å². The van der Waals surface area contributed by atoms with Gasteiger partial charge < -0.3 is 4.98 Å². The summed E-state index contributed by atoms with van der Waals surface area (Å²) in [4.78, 5) is 15.8. The van der Waals surface area contributed by atoms with E-state index in [0.29, 0.717) is 5.92 Å². The maximum absolute atomic E-state index is 12.5. The van der Waals surface area contributed by atoms with Gasteiger partial charge in [0.05, 0.1) is 0 Å². The van der Waals surface area contributed by atoms with Crippen LogP contribution in [0.5, 0.6) is 0 Å². The van der Waals surface area contributed by atoms with Gasteiger partial charge in [-0.05, 0) is 57.5 Å². The minimum absolute atomic E-state index is 0.0435. The van der Waals surface area contributed by atoms with Crippen molar-refractivity contribution in [2.75, 3.05) is 0 Å². The van der Waals surface area contributed by atoms with Gasteiger partial charge in [-0.1, -0.05) is 41.5 Å². The molecule has 0 fully saturated rings. The first-order chi connectivity index (χ1) is 9.75. The third-order valence-electron chi connectivity index (χ3n) is 4.78. The van der Waals surface area contributed by atoms with Crippen LogP contribution in [0.4, 0.5) is 0 Å². The van der Waals surface area contributed by atoms with Gasteiger partial charge in [-0.15, -0.1) is 0 Å². The molecule has 0 radical (unpaired) electrons. The highest BCUT2D eigenvalue weighted by molar-refractivity contribution is 6.84. The average molecular weight is 299 g/mol. The van der Waals surface area contributed by atoms with Crippen molar-refractivity contribution in [3.63, 3.8) is 0 Å². The van der Waals surface area contributed by atoms with Gasteiger partial charge in [0, 0.05) is 5.56 Å². The number of hydrogen-bond donors (Lipinski definition) is 1. The van der Waals surface area contributed by atoms with E-state index in [1.807, 2.05) is 30.3 Å². The van der Waals surface area contributed by atoms with Crippen molar-refractivity contribution in [3.05, 3.63) is 57.8 Å². The maximum atomic E-state index is 12.5. The molecular formula is C18H25NOSi. The number of benzene rings is 1. The number of hydrogen-bond acceptors (Lipinski definition) is 1. The topological polar surface area (TPSA) is 29.1 Å². The van der Waals surface area contributed by atoms with Gasteiger partial charge in [0.15, 0.2) is 8.24 Å². The van der Waals surface area contributed by atoms with E-state index in [2.05, 4.69) is 45.8 Å². The molecule has 0 spiro atoms. The normalized spacial score (nSPS) is 19.2. The van der Waals surface area contributed by atoms with Gasteiger partial charge in [-0.25, -0.2) is 0 Å². The van der Waals surface area contributed by atoms with E-state index in [9.17, 15) is 4.79 Å². The Bertz CT molecular complexity index is 626. The zero-order chi connectivity index (χ0) is 15.8. The van der Waals surface area contributed by atoms with Gasteiger partial charge in [-0.3, -0.25) is 4.79 Å². The van der Waals surface area contributed by atoms with E-state index in [4.69, 9.17) is 0 Å². The van der Waals surface area contributed by atoms with Crippen molar-refractivity contribution >= 4 is 14.1 Å². The first-order valence-electron chi connectivity index (χ1n) is 7.52. The second kappa shape index (κ2) is 5.64. The van der Waals surface area contributed by atoms with Crippen LogP contribution in [0.2, 0.25) is 13.1 Å². The molecule has 0 aromatic heterocycles.